The van der Waals surface area contributed by atoms with Crippen LogP contribution in [0.2, 0.25) is 0 Å². The highest BCUT2D eigenvalue weighted by molar-refractivity contribution is 9.10. The normalized spacial score (nSPS) is 16.9. The summed E-state index contributed by atoms with van der Waals surface area (Å²) in [4.78, 5) is 4.48. The molecule has 1 fully saturated rings. The van der Waals surface area contributed by atoms with Gasteiger partial charge in [0.15, 0.2) is 0 Å². The van der Waals surface area contributed by atoms with Crippen LogP contribution in [-0.2, 0) is 0 Å². The first-order valence-corrected chi connectivity index (χ1v) is 6.01. The number of rotatable bonds is 2. The molecule has 3 nitrogen and oxygen atoms in total. The number of halogens is 1. The van der Waals surface area contributed by atoms with Gasteiger partial charge in [-0.2, -0.15) is 0 Å². The molecule has 82 valence electrons. The minimum absolute atomic E-state index is 0.542. The van der Waals surface area contributed by atoms with Gasteiger partial charge in [-0.3, -0.25) is 0 Å². The maximum absolute atomic E-state index is 5.78. The summed E-state index contributed by atoms with van der Waals surface area (Å²) in [5.74, 6) is 1.11. The van der Waals surface area contributed by atoms with Gasteiger partial charge >= 0.3 is 0 Å². The van der Waals surface area contributed by atoms with E-state index in [0.717, 1.165) is 10.2 Å². The Morgan fingerprint density at radius 1 is 1.47 bits per heavy atom. The van der Waals surface area contributed by atoms with E-state index in [9.17, 15) is 0 Å². The number of nitrogens with two attached hydrogens (primary N) is 1. The van der Waals surface area contributed by atoms with E-state index < -0.39 is 0 Å². The van der Waals surface area contributed by atoms with Crippen LogP contribution in [0.5, 0.6) is 5.88 Å². The van der Waals surface area contributed by atoms with Crippen LogP contribution < -0.4 is 10.5 Å². The third kappa shape index (κ3) is 2.09. The minimum atomic E-state index is 0.542. The third-order valence-electron chi connectivity index (χ3n) is 2.93. The molecular formula is C11H15BrN2O. The second-order valence-electron chi connectivity index (χ2n) is 3.94. The summed E-state index contributed by atoms with van der Waals surface area (Å²) in [5.41, 5.74) is 7.47. The van der Waals surface area contributed by atoms with E-state index in [-0.39, 0.29) is 0 Å². The zero-order valence-electron chi connectivity index (χ0n) is 8.79. The largest absolute Gasteiger partial charge is 0.480 e. The van der Waals surface area contributed by atoms with Gasteiger partial charge in [-0.05, 0) is 34.8 Å². The number of nitrogens with zero attached hydrogens (tertiary/aromatic N) is 1. The predicted octanol–water partition coefficient (Wildman–Crippen LogP) is 3.09. The summed E-state index contributed by atoms with van der Waals surface area (Å²) in [6.07, 6.45) is 5.04. The van der Waals surface area contributed by atoms with Crippen LogP contribution in [-0.4, -0.2) is 12.1 Å². The number of ether oxygens (including phenoxy) is 1. The van der Waals surface area contributed by atoms with E-state index in [0.29, 0.717) is 17.5 Å². The first-order chi connectivity index (χ1) is 7.22. The summed E-state index contributed by atoms with van der Waals surface area (Å²) < 4.78 is 6.15. The Labute approximate surface area is 98.2 Å². The van der Waals surface area contributed by atoms with Crippen molar-refractivity contribution in [2.24, 2.45) is 0 Å². The maximum atomic E-state index is 5.78. The molecule has 2 rings (SSSR count). The minimum Gasteiger partial charge on any atom is -0.480 e. The summed E-state index contributed by atoms with van der Waals surface area (Å²) in [6.45, 7) is 0. The molecule has 0 aliphatic heterocycles. The predicted molar refractivity (Wildman–Crippen MR) is 64.1 cm³/mol. The highest BCUT2D eigenvalue weighted by Crippen LogP contribution is 2.38. The summed E-state index contributed by atoms with van der Waals surface area (Å²) in [5, 5.41) is 0. The molecule has 0 radical (unpaired) electrons. The topological polar surface area (TPSA) is 48.1 Å². The highest BCUT2D eigenvalue weighted by atomic mass is 79.9. The fourth-order valence-corrected chi connectivity index (χ4v) is 2.81. The summed E-state index contributed by atoms with van der Waals surface area (Å²) in [6, 6.07) is 1.89. The van der Waals surface area contributed by atoms with E-state index in [1.807, 2.05) is 6.07 Å². The number of anilines is 1. The van der Waals surface area contributed by atoms with Crippen molar-refractivity contribution in [2.75, 3.05) is 12.8 Å². The van der Waals surface area contributed by atoms with Crippen molar-refractivity contribution in [3.8, 4) is 5.88 Å². The van der Waals surface area contributed by atoms with E-state index in [1.165, 1.54) is 25.7 Å². The maximum Gasteiger partial charge on any atom is 0.237 e. The van der Waals surface area contributed by atoms with Gasteiger partial charge in [0, 0.05) is 10.4 Å². The summed E-state index contributed by atoms with van der Waals surface area (Å²) >= 11 is 3.52. The second-order valence-corrected chi connectivity index (χ2v) is 4.79. The molecule has 1 saturated carbocycles. The Bertz CT molecular complexity index is 362. The van der Waals surface area contributed by atoms with Gasteiger partial charge in [-0.25, -0.2) is 4.98 Å². The number of aromatic nitrogens is 1. The Kier molecular flexibility index (Phi) is 3.14. The fraction of sp³-hybridized carbons (Fsp3) is 0.545. The molecule has 1 aromatic heterocycles. The lowest BCUT2D eigenvalue weighted by Crippen LogP contribution is -2.03. The third-order valence-corrected chi connectivity index (χ3v) is 3.57. The summed E-state index contributed by atoms with van der Waals surface area (Å²) in [7, 11) is 1.60. The van der Waals surface area contributed by atoms with Crippen molar-refractivity contribution >= 4 is 21.6 Å². The molecule has 1 aromatic rings. The van der Waals surface area contributed by atoms with Gasteiger partial charge in [0.25, 0.3) is 0 Å². The van der Waals surface area contributed by atoms with Crippen molar-refractivity contribution in [1.82, 2.24) is 4.98 Å². The SMILES string of the molecule is COc1nc(C2CCCC2)c(Br)cc1N. The van der Waals surface area contributed by atoms with E-state index in [1.54, 1.807) is 7.11 Å². The van der Waals surface area contributed by atoms with Crippen molar-refractivity contribution in [3.05, 3.63) is 16.2 Å². The van der Waals surface area contributed by atoms with Crippen molar-refractivity contribution in [1.29, 1.82) is 0 Å². The molecule has 0 amide bonds. The van der Waals surface area contributed by atoms with Crippen molar-refractivity contribution < 1.29 is 4.74 Å². The lowest BCUT2D eigenvalue weighted by atomic mass is 10.0. The molecule has 1 aliphatic rings. The fourth-order valence-electron chi connectivity index (χ4n) is 2.15. The van der Waals surface area contributed by atoms with Gasteiger partial charge in [-0.15, -0.1) is 0 Å². The first kappa shape index (κ1) is 10.7. The quantitative estimate of drug-likeness (QED) is 0.899. The second kappa shape index (κ2) is 4.39. The number of hydrogen-bond donors (Lipinski definition) is 1. The van der Waals surface area contributed by atoms with Gasteiger partial charge in [-0.1, -0.05) is 12.8 Å². The molecule has 1 aliphatic carbocycles. The zero-order chi connectivity index (χ0) is 10.8. The van der Waals surface area contributed by atoms with E-state index in [2.05, 4.69) is 20.9 Å². The van der Waals surface area contributed by atoms with Gasteiger partial charge in [0.05, 0.1) is 18.5 Å². The number of methoxy groups -OCH3 is 1. The average Bonchev–Trinajstić information content (AvgIpc) is 2.71. The van der Waals surface area contributed by atoms with Gasteiger partial charge < -0.3 is 10.5 Å². The Morgan fingerprint density at radius 3 is 2.73 bits per heavy atom. The molecule has 0 aromatic carbocycles. The average molecular weight is 271 g/mol. The van der Waals surface area contributed by atoms with Crippen molar-refractivity contribution in [3.63, 3.8) is 0 Å². The Balaban J connectivity index is 2.37. The van der Waals surface area contributed by atoms with Crippen LogP contribution in [0.1, 0.15) is 37.3 Å². The Morgan fingerprint density at radius 2 is 2.13 bits per heavy atom. The molecule has 2 N–H and O–H groups in total. The molecule has 0 spiro atoms. The zero-order valence-corrected chi connectivity index (χ0v) is 10.4. The standard InChI is InChI=1S/C11H15BrN2O/c1-15-11-9(13)6-8(12)10(14-11)7-4-2-3-5-7/h6-7H,2-5,13H2,1H3. The van der Waals surface area contributed by atoms with Crippen LogP contribution in [0.25, 0.3) is 0 Å². The first-order valence-electron chi connectivity index (χ1n) is 5.22. The molecular weight excluding hydrogens is 256 g/mol. The van der Waals surface area contributed by atoms with Gasteiger partial charge in [0.1, 0.15) is 0 Å². The molecule has 1 heterocycles. The van der Waals surface area contributed by atoms with E-state index in [4.69, 9.17) is 10.5 Å². The van der Waals surface area contributed by atoms with Crippen LogP contribution in [0, 0.1) is 0 Å². The monoisotopic (exact) mass is 270 g/mol. The van der Waals surface area contributed by atoms with Crippen LogP contribution in [0.4, 0.5) is 5.69 Å². The number of hydrogen-bond acceptors (Lipinski definition) is 3. The molecule has 0 unspecified atom stereocenters. The van der Waals surface area contributed by atoms with E-state index >= 15 is 0 Å². The lowest BCUT2D eigenvalue weighted by molar-refractivity contribution is 0.397. The van der Waals surface area contributed by atoms with Crippen LogP contribution >= 0.6 is 15.9 Å². The van der Waals surface area contributed by atoms with Crippen LogP contribution in [0.15, 0.2) is 10.5 Å². The smallest absolute Gasteiger partial charge is 0.237 e. The highest BCUT2D eigenvalue weighted by Gasteiger charge is 2.22. The van der Waals surface area contributed by atoms with Crippen molar-refractivity contribution in [2.45, 2.75) is 31.6 Å². The molecule has 0 saturated heterocycles. The Hall–Kier alpha value is -0.770. The lowest BCUT2D eigenvalue weighted by Gasteiger charge is -2.13. The molecule has 0 bridgehead atoms. The molecule has 4 heteroatoms. The van der Waals surface area contributed by atoms with Gasteiger partial charge in [0.2, 0.25) is 5.88 Å². The number of nitrogen functional groups attached to an aromatic ring is 1. The molecule has 15 heavy (non-hydrogen) atoms. The van der Waals surface area contributed by atoms with Crippen LogP contribution in [0.3, 0.4) is 0 Å². The molecule has 0 atom stereocenters. The number of pyridine rings is 1.